The van der Waals surface area contributed by atoms with Crippen molar-refractivity contribution in [3.63, 3.8) is 0 Å². The van der Waals surface area contributed by atoms with Crippen LogP contribution in [0.25, 0.3) is 0 Å². The predicted molar refractivity (Wildman–Crippen MR) is 95.1 cm³/mol. The van der Waals surface area contributed by atoms with Crippen LogP contribution in [0.15, 0.2) is 48.5 Å². The summed E-state index contributed by atoms with van der Waals surface area (Å²) >= 11 is 0. The molecule has 0 aliphatic rings. The minimum Gasteiger partial charge on any atom is -0.488 e. The third-order valence-corrected chi connectivity index (χ3v) is 3.82. The highest BCUT2D eigenvalue weighted by Gasteiger charge is 2.09. The fourth-order valence-electron chi connectivity index (χ4n) is 2.34. The summed E-state index contributed by atoms with van der Waals surface area (Å²) in [6.45, 7) is 2.90. The number of ether oxygens (including phenoxy) is 1. The van der Waals surface area contributed by atoms with Gasteiger partial charge in [0.25, 0.3) is 5.91 Å². The molecule has 0 radical (unpaired) electrons. The van der Waals surface area contributed by atoms with E-state index in [1.807, 2.05) is 19.1 Å². The summed E-state index contributed by atoms with van der Waals surface area (Å²) in [5.41, 5.74) is 1.89. The van der Waals surface area contributed by atoms with Crippen LogP contribution in [-0.4, -0.2) is 24.2 Å². The van der Waals surface area contributed by atoms with Gasteiger partial charge in [-0.1, -0.05) is 31.2 Å². The van der Waals surface area contributed by atoms with E-state index in [2.05, 4.69) is 11.4 Å². The lowest BCUT2D eigenvalue weighted by atomic mass is 10.1. The number of hydrogen-bond donors (Lipinski definition) is 2. The molecule has 5 heteroatoms. The number of rotatable bonds is 8. The first-order valence-electron chi connectivity index (χ1n) is 8.24. The maximum atomic E-state index is 12.2. The number of nitrogens with zero attached hydrogens (tertiary/aromatic N) is 1. The zero-order valence-electron chi connectivity index (χ0n) is 14.2. The number of para-hydroxylation sites is 1. The fraction of sp³-hybridized carbons (Fsp3) is 0.300. The molecule has 2 rings (SSSR count). The van der Waals surface area contributed by atoms with Crippen molar-refractivity contribution in [3.8, 4) is 11.8 Å². The molecule has 0 saturated heterocycles. The minimum atomic E-state index is -0.149. The average molecular weight is 338 g/mol. The van der Waals surface area contributed by atoms with E-state index in [0.717, 1.165) is 5.56 Å². The van der Waals surface area contributed by atoms with Gasteiger partial charge in [-0.2, -0.15) is 5.26 Å². The van der Waals surface area contributed by atoms with E-state index >= 15 is 0 Å². The highest BCUT2D eigenvalue weighted by molar-refractivity contribution is 5.94. The molecule has 0 aliphatic heterocycles. The van der Waals surface area contributed by atoms with Crippen LogP contribution in [0.3, 0.4) is 0 Å². The first kappa shape index (κ1) is 18.5. The predicted octanol–water partition coefficient (Wildman–Crippen LogP) is 2.89. The molecular weight excluding hydrogens is 316 g/mol. The van der Waals surface area contributed by atoms with Gasteiger partial charge in [-0.25, -0.2) is 0 Å². The quantitative estimate of drug-likeness (QED) is 0.775. The summed E-state index contributed by atoms with van der Waals surface area (Å²) < 4.78 is 5.70. The summed E-state index contributed by atoms with van der Waals surface area (Å²) in [4.78, 5) is 12.2. The number of carbonyl (C=O) groups is 1. The van der Waals surface area contributed by atoms with Crippen molar-refractivity contribution in [2.24, 2.45) is 5.92 Å². The molecule has 130 valence electrons. The summed E-state index contributed by atoms with van der Waals surface area (Å²) in [5, 5.41) is 20.8. The van der Waals surface area contributed by atoms with Gasteiger partial charge in [0.05, 0.1) is 5.56 Å². The Labute approximate surface area is 147 Å². The Hall–Kier alpha value is -2.84. The number of hydrogen-bond acceptors (Lipinski definition) is 4. The van der Waals surface area contributed by atoms with Crippen LogP contribution in [0.5, 0.6) is 5.75 Å². The smallest absolute Gasteiger partial charge is 0.251 e. The topological polar surface area (TPSA) is 82.3 Å². The van der Waals surface area contributed by atoms with E-state index in [1.54, 1.807) is 36.4 Å². The number of nitriles is 1. The molecule has 0 aliphatic carbocycles. The van der Waals surface area contributed by atoms with Gasteiger partial charge in [0.2, 0.25) is 0 Å². The number of carbonyl (C=O) groups excluding carboxylic acids is 1. The van der Waals surface area contributed by atoms with Crippen LogP contribution < -0.4 is 10.1 Å². The first-order valence-corrected chi connectivity index (χ1v) is 8.24. The van der Waals surface area contributed by atoms with Gasteiger partial charge < -0.3 is 15.2 Å². The van der Waals surface area contributed by atoms with E-state index in [1.165, 1.54) is 0 Å². The van der Waals surface area contributed by atoms with E-state index in [-0.39, 0.29) is 25.0 Å². The largest absolute Gasteiger partial charge is 0.488 e. The minimum absolute atomic E-state index is 0.119. The fourth-order valence-corrected chi connectivity index (χ4v) is 2.34. The Morgan fingerprint density at radius 3 is 2.84 bits per heavy atom. The van der Waals surface area contributed by atoms with E-state index in [0.29, 0.717) is 29.8 Å². The molecule has 0 spiro atoms. The van der Waals surface area contributed by atoms with E-state index < -0.39 is 0 Å². The maximum absolute atomic E-state index is 12.2. The van der Waals surface area contributed by atoms with Gasteiger partial charge in [-0.05, 0) is 42.2 Å². The van der Waals surface area contributed by atoms with Gasteiger partial charge >= 0.3 is 0 Å². The first-order chi connectivity index (χ1) is 12.1. The lowest BCUT2D eigenvalue weighted by molar-refractivity contribution is 0.0945. The number of amides is 1. The Balaban J connectivity index is 1.96. The molecule has 25 heavy (non-hydrogen) atoms. The molecule has 2 N–H and O–H groups in total. The Kier molecular flexibility index (Phi) is 7.00. The van der Waals surface area contributed by atoms with Gasteiger partial charge in [0.15, 0.2) is 0 Å². The van der Waals surface area contributed by atoms with Crippen molar-refractivity contribution in [2.75, 3.05) is 13.2 Å². The number of nitrogens with one attached hydrogen (secondary N) is 1. The molecular formula is C20H22N2O3. The Morgan fingerprint density at radius 2 is 2.08 bits per heavy atom. The average Bonchev–Trinajstić information content (AvgIpc) is 2.65. The summed E-state index contributed by atoms with van der Waals surface area (Å²) in [7, 11) is 0. The molecule has 0 bridgehead atoms. The summed E-state index contributed by atoms with van der Waals surface area (Å²) in [6, 6.07) is 16.3. The molecule has 2 aromatic rings. The second kappa shape index (κ2) is 9.45. The van der Waals surface area contributed by atoms with Crippen LogP contribution >= 0.6 is 0 Å². The van der Waals surface area contributed by atoms with Gasteiger partial charge in [-0.3, -0.25) is 4.79 Å². The van der Waals surface area contributed by atoms with Crippen molar-refractivity contribution in [1.29, 1.82) is 5.26 Å². The number of aliphatic hydroxyl groups excluding tert-OH is 1. The third-order valence-electron chi connectivity index (χ3n) is 3.82. The summed E-state index contributed by atoms with van der Waals surface area (Å²) in [6.07, 6.45) is 0.659. The molecule has 5 nitrogen and oxygen atoms in total. The normalized spacial score (nSPS) is 11.4. The SMILES string of the molecule is CC(CCO)CNC(=O)c1cccc(COc2ccccc2C#N)c1. The van der Waals surface area contributed by atoms with Crippen LogP contribution in [0.4, 0.5) is 0 Å². The lowest BCUT2D eigenvalue weighted by Gasteiger charge is -2.12. The van der Waals surface area contributed by atoms with Crippen molar-refractivity contribution in [1.82, 2.24) is 5.32 Å². The lowest BCUT2D eigenvalue weighted by Crippen LogP contribution is -2.28. The monoisotopic (exact) mass is 338 g/mol. The highest BCUT2D eigenvalue weighted by atomic mass is 16.5. The van der Waals surface area contributed by atoms with Crippen LogP contribution in [-0.2, 0) is 6.61 Å². The van der Waals surface area contributed by atoms with Crippen LogP contribution in [0.2, 0.25) is 0 Å². The molecule has 0 saturated carbocycles. The van der Waals surface area contributed by atoms with Crippen LogP contribution in [0.1, 0.15) is 34.8 Å². The molecule has 0 heterocycles. The Morgan fingerprint density at radius 1 is 1.28 bits per heavy atom. The summed E-state index contributed by atoms with van der Waals surface area (Å²) in [5.74, 6) is 0.602. The van der Waals surface area contributed by atoms with Crippen molar-refractivity contribution in [2.45, 2.75) is 20.0 Å². The van der Waals surface area contributed by atoms with Crippen molar-refractivity contribution < 1.29 is 14.6 Å². The van der Waals surface area contributed by atoms with Crippen molar-refractivity contribution in [3.05, 3.63) is 65.2 Å². The van der Waals surface area contributed by atoms with E-state index in [4.69, 9.17) is 15.1 Å². The molecule has 1 unspecified atom stereocenters. The van der Waals surface area contributed by atoms with Gasteiger partial charge in [0.1, 0.15) is 18.4 Å². The van der Waals surface area contributed by atoms with Crippen molar-refractivity contribution >= 4 is 5.91 Å². The standard InChI is InChI=1S/C20H22N2O3/c1-15(9-10-23)13-22-20(24)17-7-4-5-16(11-17)14-25-19-8-3-2-6-18(19)12-21/h2-8,11,15,23H,9-10,13-14H2,1H3,(H,22,24). The molecule has 2 aromatic carbocycles. The number of benzene rings is 2. The molecule has 0 aromatic heterocycles. The third kappa shape index (κ3) is 5.63. The van der Waals surface area contributed by atoms with Crippen LogP contribution in [0, 0.1) is 17.2 Å². The molecule has 1 atom stereocenters. The maximum Gasteiger partial charge on any atom is 0.251 e. The molecule has 0 fully saturated rings. The van der Waals surface area contributed by atoms with Gasteiger partial charge in [0, 0.05) is 18.7 Å². The zero-order chi connectivity index (χ0) is 18.1. The second-order valence-corrected chi connectivity index (χ2v) is 5.92. The van der Waals surface area contributed by atoms with E-state index in [9.17, 15) is 4.79 Å². The Bertz CT molecular complexity index is 753. The van der Waals surface area contributed by atoms with Gasteiger partial charge in [-0.15, -0.1) is 0 Å². The highest BCUT2D eigenvalue weighted by Crippen LogP contribution is 2.18. The second-order valence-electron chi connectivity index (χ2n) is 5.92. The number of aliphatic hydroxyl groups is 1. The molecule has 1 amide bonds. The zero-order valence-corrected chi connectivity index (χ0v) is 14.2.